The van der Waals surface area contributed by atoms with Crippen LogP contribution in [0.3, 0.4) is 0 Å². The number of anilines is 1. The van der Waals surface area contributed by atoms with Crippen molar-refractivity contribution in [2.75, 3.05) is 12.8 Å². The minimum Gasteiger partial charge on any atom is -0.464 e. The van der Waals surface area contributed by atoms with E-state index in [-0.39, 0.29) is 0 Å². The normalized spacial score (nSPS) is 11.7. The van der Waals surface area contributed by atoms with Crippen molar-refractivity contribution in [1.29, 1.82) is 0 Å². The van der Waals surface area contributed by atoms with Crippen LogP contribution in [0, 0.1) is 0 Å². The van der Waals surface area contributed by atoms with Crippen molar-refractivity contribution in [3.8, 4) is 11.3 Å². The lowest BCUT2D eigenvalue weighted by Crippen LogP contribution is -2.01. The number of aromatic nitrogens is 1. The zero-order valence-corrected chi connectivity index (χ0v) is 12.7. The van der Waals surface area contributed by atoms with E-state index < -0.39 is 0 Å². The van der Waals surface area contributed by atoms with Gasteiger partial charge in [0.05, 0.1) is 11.8 Å². The van der Waals surface area contributed by atoms with Gasteiger partial charge in [0, 0.05) is 35.2 Å². The summed E-state index contributed by atoms with van der Waals surface area (Å²) in [7, 11) is 1.72. The van der Waals surface area contributed by atoms with Gasteiger partial charge in [0.25, 0.3) is 0 Å². The van der Waals surface area contributed by atoms with Crippen molar-refractivity contribution < 1.29 is 4.42 Å². The first-order chi connectivity index (χ1) is 11.3. The molecule has 0 saturated carbocycles. The van der Waals surface area contributed by atoms with Gasteiger partial charge >= 0.3 is 0 Å². The molecule has 0 atom stereocenters. The van der Waals surface area contributed by atoms with Crippen LogP contribution >= 0.6 is 0 Å². The first-order valence-corrected chi connectivity index (χ1v) is 7.36. The maximum absolute atomic E-state index is 6.23. The molecule has 0 spiro atoms. The molecule has 0 radical (unpaired) electrons. The van der Waals surface area contributed by atoms with Crippen LogP contribution in [0.4, 0.5) is 5.82 Å². The third-order valence-corrected chi connectivity index (χ3v) is 3.97. The summed E-state index contributed by atoms with van der Waals surface area (Å²) in [6.45, 7) is 0. The minimum absolute atomic E-state index is 0.450. The van der Waals surface area contributed by atoms with E-state index in [9.17, 15) is 0 Å². The van der Waals surface area contributed by atoms with Gasteiger partial charge in [-0.05, 0) is 17.5 Å². The smallest absolute Gasteiger partial charge is 0.135 e. The zero-order valence-electron chi connectivity index (χ0n) is 12.7. The van der Waals surface area contributed by atoms with Crippen molar-refractivity contribution >= 4 is 33.7 Å². The number of pyridine rings is 1. The van der Waals surface area contributed by atoms with E-state index in [1.165, 1.54) is 0 Å². The largest absolute Gasteiger partial charge is 0.464 e. The Hall–Kier alpha value is -3.14. The molecule has 0 amide bonds. The van der Waals surface area contributed by atoms with Crippen LogP contribution in [0.25, 0.3) is 33.0 Å². The van der Waals surface area contributed by atoms with Crippen LogP contribution in [-0.2, 0) is 0 Å². The molecule has 112 valence electrons. The highest BCUT2D eigenvalue weighted by atomic mass is 16.3. The fraction of sp³-hybridized carbons (Fsp3) is 0.0526. The number of nitrogens with two attached hydrogens (primary N) is 1. The van der Waals surface area contributed by atoms with E-state index in [2.05, 4.69) is 34.2 Å². The fourth-order valence-electron chi connectivity index (χ4n) is 2.98. The highest BCUT2D eigenvalue weighted by Gasteiger charge is 2.17. The van der Waals surface area contributed by atoms with Crippen molar-refractivity contribution in [3.63, 3.8) is 0 Å². The van der Waals surface area contributed by atoms with Gasteiger partial charge in [-0.25, -0.2) is 4.98 Å². The molecule has 0 unspecified atom stereocenters. The monoisotopic (exact) mass is 301 g/mol. The lowest BCUT2D eigenvalue weighted by molar-refractivity contribution is 0.583. The Morgan fingerprint density at radius 1 is 1.04 bits per heavy atom. The quantitative estimate of drug-likeness (QED) is 0.444. The average Bonchev–Trinajstić information content (AvgIpc) is 3.10. The Balaban J connectivity index is 2.22. The molecule has 0 aliphatic rings. The number of furan rings is 1. The number of nitrogens with zero attached hydrogens (tertiary/aromatic N) is 2. The molecule has 2 aromatic heterocycles. The fourth-order valence-corrected chi connectivity index (χ4v) is 2.98. The van der Waals surface area contributed by atoms with Crippen LogP contribution in [0.1, 0.15) is 5.56 Å². The van der Waals surface area contributed by atoms with E-state index in [0.717, 1.165) is 38.6 Å². The van der Waals surface area contributed by atoms with E-state index in [1.807, 2.05) is 24.3 Å². The van der Waals surface area contributed by atoms with Gasteiger partial charge in [-0.15, -0.1) is 0 Å². The van der Waals surface area contributed by atoms with Gasteiger partial charge in [-0.1, -0.05) is 36.4 Å². The lowest BCUT2D eigenvalue weighted by Gasteiger charge is -2.12. The minimum atomic E-state index is 0.450. The molecule has 23 heavy (non-hydrogen) atoms. The van der Waals surface area contributed by atoms with Crippen LogP contribution in [0.15, 0.2) is 64.2 Å². The third kappa shape index (κ3) is 2.07. The van der Waals surface area contributed by atoms with Crippen molar-refractivity contribution in [2.24, 2.45) is 4.99 Å². The second kappa shape index (κ2) is 5.25. The van der Waals surface area contributed by atoms with Crippen LogP contribution in [0.2, 0.25) is 0 Å². The Morgan fingerprint density at radius 2 is 1.91 bits per heavy atom. The number of fused-ring (bicyclic) bond motifs is 3. The molecular formula is C19H15N3O. The molecule has 4 nitrogen and oxygen atoms in total. The Kier molecular flexibility index (Phi) is 3.08. The van der Waals surface area contributed by atoms with Gasteiger partial charge in [0.15, 0.2) is 0 Å². The van der Waals surface area contributed by atoms with Crippen LogP contribution < -0.4 is 5.73 Å². The van der Waals surface area contributed by atoms with Crippen molar-refractivity contribution in [2.45, 2.75) is 0 Å². The molecular weight excluding hydrogens is 286 g/mol. The highest BCUT2D eigenvalue weighted by Crippen LogP contribution is 2.36. The summed E-state index contributed by atoms with van der Waals surface area (Å²) in [6.07, 6.45) is 3.39. The maximum atomic E-state index is 6.23. The number of rotatable bonds is 2. The molecule has 4 heteroatoms. The molecule has 0 saturated heterocycles. The molecule has 2 N–H and O–H groups in total. The second-order valence-corrected chi connectivity index (χ2v) is 5.33. The molecule has 2 heterocycles. The standard InChI is InChI=1S/C19H15N3O/c1-21-11-15-17(16-7-4-10-23-16)14-9-8-12-5-2-3-6-13(12)18(14)22-19(15)20/h2-11H,1H3,(H2,20,22). The van der Waals surface area contributed by atoms with Gasteiger partial charge in [0.1, 0.15) is 11.6 Å². The highest BCUT2D eigenvalue weighted by molar-refractivity contribution is 6.14. The molecule has 0 aliphatic carbocycles. The van der Waals surface area contributed by atoms with Gasteiger partial charge in [0.2, 0.25) is 0 Å². The summed E-state index contributed by atoms with van der Waals surface area (Å²) in [5, 5.41) is 3.21. The molecule has 4 rings (SSSR count). The topological polar surface area (TPSA) is 64.4 Å². The Morgan fingerprint density at radius 3 is 2.70 bits per heavy atom. The van der Waals surface area contributed by atoms with Crippen molar-refractivity contribution in [1.82, 2.24) is 4.98 Å². The van der Waals surface area contributed by atoms with E-state index >= 15 is 0 Å². The van der Waals surface area contributed by atoms with E-state index in [0.29, 0.717) is 5.82 Å². The van der Waals surface area contributed by atoms with Crippen LogP contribution in [-0.4, -0.2) is 18.2 Å². The second-order valence-electron chi connectivity index (χ2n) is 5.33. The zero-order chi connectivity index (χ0) is 15.8. The first-order valence-electron chi connectivity index (χ1n) is 7.36. The molecule has 0 bridgehead atoms. The summed E-state index contributed by atoms with van der Waals surface area (Å²) in [5.74, 6) is 1.21. The summed E-state index contributed by atoms with van der Waals surface area (Å²) in [6, 6.07) is 16.1. The number of benzene rings is 2. The van der Waals surface area contributed by atoms with Crippen molar-refractivity contribution in [3.05, 3.63) is 60.4 Å². The van der Waals surface area contributed by atoms with Crippen LogP contribution in [0.5, 0.6) is 0 Å². The third-order valence-electron chi connectivity index (χ3n) is 3.97. The lowest BCUT2D eigenvalue weighted by atomic mass is 9.97. The molecule has 4 aromatic rings. The van der Waals surface area contributed by atoms with Gasteiger partial charge in [-0.3, -0.25) is 4.99 Å². The average molecular weight is 301 g/mol. The Bertz CT molecular complexity index is 1030. The SMILES string of the molecule is CN=Cc1c(N)nc2c(ccc3ccccc32)c1-c1ccco1. The number of hydrogen-bond acceptors (Lipinski definition) is 4. The van der Waals surface area contributed by atoms with Gasteiger partial charge < -0.3 is 10.2 Å². The van der Waals surface area contributed by atoms with E-state index in [4.69, 9.17) is 10.2 Å². The number of nitrogen functional groups attached to an aromatic ring is 1. The summed E-state index contributed by atoms with van der Waals surface area (Å²) in [4.78, 5) is 8.76. The Labute approximate surface area is 133 Å². The molecule has 0 aliphatic heterocycles. The first kappa shape index (κ1) is 13.5. The molecule has 2 aromatic carbocycles. The summed E-state index contributed by atoms with van der Waals surface area (Å²) in [5.41, 5.74) is 8.81. The van der Waals surface area contributed by atoms with E-state index in [1.54, 1.807) is 19.5 Å². The molecule has 0 fully saturated rings. The summed E-state index contributed by atoms with van der Waals surface area (Å²) < 4.78 is 5.64. The predicted molar refractivity (Wildman–Crippen MR) is 94.9 cm³/mol. The predicted octanol–water partition coefficient (Wildman–Crippen LogP) is 4.28. The number of hydrogen-bond donors (Lipinski definition) is 1. The van der Waals surface area contributed by atoms with Gasteiger partial charge in [-0.2, -0.15) is 0 Å². The number of aliphatic imine (C=N–C) groups is 1. The maximum Gasteiger partial charge on any atom is 0.135 e. The summed E-state index contributed by atoms with van der Waals surface area (Å²) >= 11 is 0.